The van der Waals surface area contributed by atoms with Gasteiger partial charge in [0.2, 0.25) is 0 Å². The Bertz CT molecular complexity index is 550. The Hall–Kier alpha value is -1.09. The van der Waals surface area contributed by atoms with Crippen LogP contribution in [-0.4, -0.2) is 57.2 Å². The van der Waals surface area contributed by atoms with Crippen LogP contribution >= 0.6 is 24.0 Å². The molecule has 0 spiro atoms. The Labute approximate surface area is 173 Å². The van der Waals surface area contributed by atoms with Crippen LogP contribution in [0.25, 0.3) is 0 Å². The van der Waals surface area contributed by atoms with Crippen LogP contribution < -0.4 is 15.4 Å². The number of halogens is 2. The molecule has 1 atom stereocenters. The van der Waals surface area contributed by atoms with Gasteiger partial charge in [-0.25, -0.2) is 4.39 Å². The van der Waals surface area contributed by atoms with Gasteiger partial charge in [-0.2, -0.15) is 0 Å². The van der Waals surface area contributed by atoms with E-state index in [0.29, 0.717) is 18.2 Å². The summed E-state index contributed by atoms with van der Waals surface area (Å²) in [7, 11) is 3.95. The second kappa shape index (κ2) is 12.3. The van der Waals surface area contributed by atoms with Crippen molar-refractivity contribution in [3.05, 3.63) is 30.1 Å². The second-order valence-corrected chi connectivity index (χ2v) is 6.69. The van der Waals surface area contributed by atoms with Gasteiger partial charge in [0.15, 0.2) is 5.96 Å². The summed E-state index contributed by atoms with van der Waals surface area (Å²) < 4.78 is 19.1. The third-order valence-electron chi connectivity index (χ3n) is 4.67. The van der Waals surface area contributed by atoms with Crippen molar-refractivity contribution < 1.29 is 9.13 Å². The van der Waals surface area contributed by atoms with Crippen LogP contribution in [0.4, 0.5) is 4.39 Å². The minimum absolute atomic E-state index is 0. The fourth-order valence-corrected chi connectivity index (χ4v) is 2.94. The van der Waals surface area contributed by atoms with E-state index in [1.165, 1.54) is 25.0 Å². The van der Waals surface area contributed by atoms with E-state index in [9.17, 15) is 4.39 Å². The highest BCUT2D eigenvalue weighted by atomic mass is 127. The lowest BCUT2D eigenvalue weighted by molar-refractivity contribution is 0.198. The van der Waals surface area contributed by atoms with Crippen LogP contribution in [-0.2, 0) is 0 Å². The summed E-state index contributed by atoms with van der Waals surface area (Å²) in [5.74, 6) is 1.76. The van der Waals surface area contributed by atoms with Gasteiger partial charge in [0.05, 0.1) is 6.54 Å². The lowest BCUT2D eigenvalue weighted by atomic mass is 9.97. The molecule has 1 fully saturated rings. The monoisotopic (exact) mass is 478 g/mol. The maximum atomic E-state index is 13.3. The molecule has 0 aliphatic carbocycles. The average molecular weight is 478 g/mol. The van der Waals surface area contributed by atoms with Crippen LogP contribution in [0.2, 0.25) is 0 Å². The van der Waals surface area contributed by atoms with E-state index in [-0.39, 0.29) is 35.9 Å². The minimum Gasteiger partial charge on any atom is -0.489 e. The minimum atomic E-state index is -0.282. The Morgan fingerprint density at radius 3 is 2.69 bits per heavy atom. The molecule has 5 nitrogen and oxygen atoms in total. The smallest absolute Gasteiger partial charge is 0.191 e. The first-order valence-electron chi connectivity index (χ1n) is 9.16. The number of rotatable bonds is 7. The molecular formula is C19H32FIN4O. The summed E-state index contributed by atoms with van der Waals surface area (Å²) in [6.45, 7) is 5.95. The number of ether oxygens (including phenoxy) is 1. The Morgan fingerprint density at radius 1 is 1.35 bits per heavy atom. The summed E-state index contributed by atoms with van der Waals surface area (Å²) in [5, 5.41) is 6.72. The molecule has 1 aliphatic rings. The summed E-state index contributed by atoms with van der Waals surface area (Å²) >= 11 is 0. The quantitative estimate of drug-likeness (QED) is 0.359. The zero-order valence-corrected chi connectivity index (χ0v) is 18.3. The predicted octanol–water partition coefficient (Wildman–Crippen LogP) is 3.11. The maximum Gasteiger partial charge on any atom is 0.191 e. The van der Waals surface area contributed by atoms with Crippen LogP contribution in [0.15, 0.2) is 29.3 Å². The van der Waals surface area contributed by atoms with Crippen molar-refractivity contribution >= 4 is 29.9 Å². The molecule has 1 aliphatic heterocycles. The molecule has 1 saturated heterocycles. The zero-order chi connectivity index (χ0) is 18.1. The summed E-state index contributed by atoms with van der Waals surface area (Å²) in [6, 6.07) is 6.27. The standard InChI is InChI=1S/C19H31FN4O.HI/c1-4-17(25-18-7-5-6-16(20)12-18)14-23-19(21-2)22-13-15-8-10-24(3)11-9-15;/h5-7,12,15,17H,4,8-11,13-14H2,1-3H3,(H2,21,22,23);1H. The maximum absolute atomic E-state index is 13.3. The highest BCUT2D eigenvalue weighted by Gasteiger charge is 2.17. The molecule has 1 unspecified atom stereocenters. The molecule has 0 saturated carbocycles. The number of nitrogens with one attached hydrogen (secondary N) is 2. The average Bonchev–Trinajstić information content (AvgIpc) is 2.62. The molecule has 0 amide bonds. The SMILES string of the molecule is CCC(CNC(=NC)NCC1CCN(C)CC1)Oc1cccc(F)c1.I. The number of piperidine rings is 1. The number of hydrogen-bond acceptors (Lipinski definition) is 3. The first-order chi connectivity index (χ1) is 12.1. The van der Waals surface area contributed by atoms with Crippen molar-refractivity contribution in [3.63, 3.8) is 0 Å². The largest absolute Gasteiger partial charge is 0.489 e. The third kappa shape index (κ3) is 8.07. The van der Waals surface area contributed by atoms with Crippen molar-refractivity contribution in [1.82, 2.24) is 15.5 Å². The van der Waals surface area contributed by atoms with E-state index in [2.05, 4.69) is 34.5 Å². The van der Waals surface area contributed by atoms with Crippen molar-refractivity contribution in [2.45, 2.75) is 32.3 Å². The highest BCUT2D eigenvalue weighted by molar-refractivity contribution is 14.0. The molecular weight excluding hydrogens is 446 g/mol. The molecule has 26 heavy (non-hydrogen) atoms. The Morgan fingerprint density at radius 2 is 2.08 bits per heavy atom. The first kappa shape index (κ1) is 23.0. The van der Waals surface area contributed by atoms with E-state index in [4.69, 9.17) is 4.74 Å². The van der Waals surface area contributed by atoms with Gasteiger partial charge in [-0.3, -0.25) is 4.99 Å². The Kier molecular flexibility index (Phi) is 10.9. The molecule has 0 aromatic heterocycles. The van der Waals surface area contributed by atoms with Gasteiger partial charge in [-0.05, 0) is 57.5 Å². The van der Waals surface area contributed by atoms with E-state index >= 15 is 0 Å². The lowest BCUT2D eigenvalue weighted by Crippen LogP contribution is -2.45. The van der Waals surface area contributed by atoms with Crippen LogP contribution in [0.3, 0.4) is 0 Å². The van der Waals surface area contributed by atoms with Crippen molar-refractivity contribution in [2.75, 3.05) is 40.3 Å². The molecule has 1 aromatic rings. The normalized spacial score (nSPS) is 17.3. The van der Waals surface area contributed by atoms with Crippen LogP contribution in [0, 0.1) is 11.7 Å². The van der Waals surface area contributed by atoms with Gasteiger partial charge in [0.1, 0.15) is 17.7 Å². The van der Waals surface area contributed by atoms with Crippen LogP contribution in [0.1, 0.15) is 26.2 Å². The van der Waals surface area contributed by atoms with Crippen molar-refractivity contribution in [1.29, 1.82) is 0 Å². The number of aliphatic imine (C=N–C) groups is 1. The van der Waals surface area contributed by atoms with E-state index in [0.717, 1.165) is 32.0 Å². The van der Waals surface area contributed by atoms with Gasteiger partial charge in [-0.1, -0.05) is 13.0 Å². The molecule has 1 aromatic carbocycles. The second-order valence-electron chi connectivity index (χ2n) is 6.69. The number of likely N-dealkylation sites (tertiary alicyclic amines) is 1. The number of benzene rings is 1. The van der Waals surface area contributed by atoms with E-state index in [1.54, 1.807) is 19.2 Å². The van der Waals surface area contributed by atoms with Gasteiger partial charge in [-0.15, -0.1) is 24.0 Å². The van der Waals surface area contributed by atoms with E-state index in [1.807, 2.05) is 0 Å². The molecule has 2 N–H and O–H groups in total. The topological polar surface area (TPSA) is 48.9 Å². The Balaban J connectivity index is 0.00000338. The molecule has 2 rings (SSSR count). The van der Waals surface area contributed by atoms with Gasteiger partial charge in [0.25, 0.3) is 0 Å². The molecule has 0 radical (unpaired) electrons. The third-order valence-corrected chi connectivity index (χ3v) is 4.67. The van der Waals surface area contributed by atoms with Gasteiger partial charge in [0, 0.05) is 19.7 Å². The van der Waals surface area contributed by atoms with Crippen molar-refractivity contribution in [2.24, 2.45) is 10.9 Å². The first-order valence-corrected chi connectivity index (χ1v) is 9.16. The molecule has 7 heteroatoms. The lowest BCUT2D eigenvalue weighted by Gasteiger charge is -2.29. The fraction of sp³-hybridized carbons (Fsp3) is 0.632. The van der Waals surface area contributed by atoms with Crippen LogP contribution in [0.5, 0.6) is 5.75 Å². The highest BCUT2D eigenvalue weighted by Crippen LogP contribution is 2.15. The molecule has 1 heterocycles. The van der Waals surface area contributed by atoms with Crippen molar-refractivity contribution in [3.8, 4) is 5.75 Å². The van der Waals surface area contributed by atoms with Gasteiger partial charge < -0.3 is 20.3 Å². The molecule has 148 valence electrons. The summed E-state index contributed by atoms with van der Waals surface area (Å²) in [6.07, 6.45) is 3.24. The fourth-order valence-electron chi connectivity index (χ4n) is 2.94. The summed E-state index contributed by atoms with van der Waals surface area (Å²) in [5.41, 5.74) is 0. The number of guanidine groups is 1. The zero-order valence-electron chi connectivity index (χ0n) is 16.0. The number of nitrogens with zero attached hydrogens (tertiary/aromatic N) is 2. The summed E-state index contributed by atoms with van der Waals surface area (Å²) in [4.78, 5) is 6.66. The van der Waals surface area contributed by atoms with Gasteiger partial charge >= 0.3 is 0 Å². The predicted molar refractivity (Wildman–Crippen MR) is 116 cm³/mol. The van der Waals surface area contributed by atoms with E-state index < -0.39 is 0 Å². The number of hydrogen-bond donors (Lipinski definition) is 2. The molecule has 0 bridgehead atoms.